The first-order chi connectivity index (χ1) is 5.13. The molecule has 0 atom stereocenters. The minimum Gasteiger partial charge on any atom is -0.474 e. The second-order valence-electron chi connectivity index (χ2n) is 1.51. The van der Waals surface area contributed by atoms with E-state index < -0.39 is 16.5 Å². The van der Waals surface area contributed by atoms with Crippen LogP contribution in [0, 0.1) is 21.4 Å². The number of ether oxygens (including phenoxy) is 1. The van der Waals surface area contributed by atoms with Crippen LogP contribution in [0.25, 0.3) is 0 Å². The third-order valence-corrected chi connectivity index (χ3v) is 0.822. The van der Waals surface area contributed by atoms with Crippen LogP contribution in [-0.4, -0.2) is 11.5 Å². The number of rotatable bonds is 3. The number of hydrogen-bond acceptors (Lipinski definition) is 5. The van der Waals surface area contributed by atoms with Gasteiger partial charge in [-0.1, -0.05) is 0 Å². The van der Waals surface area contributed by atoms with Crippen LogP contribution in [0.2, 0.25) is 0 Å². The molecule has 0 heterocycles. The second kappa shape index (κ2) is 4.11. The van der Waals surface area contributed by atoms with Gasteiger partial charge in [0.1, 0.15) is 0 Å². The van der Waals surface area contributed by atoms with Gasteiger partial charge in [-0.3, -0.25) is 10.1 Å². The van der Waals surface area contributed by atoms with E-state index in [0.717, 1.165) is 0 Å². The Bertz CT molecular complexity index is 228. The van der Waals surface area contributed by atoms with Crippen molar-refractivity contribution in [3.63, 3.8) is 0 Å². The van der Waals surface area contributed by atoms with Crippen molar-refractivity contribution in [3.8, 4) is 6.07 Å². The summed E-state index contributed by atoms with van der Waals surface area (Å²) in [6, 6.07) is 1.32. The lowest BCUT2D eigenvalue weighted by Crippen LogP contribution is -2.11. The molecule has 2 N–H and O–H groups in total. The molecule has 6 heteroatoms. The van der Waals surface area contributed by atoms with E-state index in [1.807, 2.05) is 0 Å². The van der Waals surface area contributed by atoms with Crippen LogP contribution < -0.4 is 5.73 Å². The summed E-state index contributed by atoms with van der Waals surface area (Å²) in [5.74, 6) is -0.444. The fraction of sp³-hybridized carbons (Fsp3) is 0.400. The lowest BCUT2D eigenvalue weighted by Gasteiger charge is -1.98. The Labute approximate surface area is 63.0 Å². The lowest BCUT2D eigenvalue weighted by molar-refractivity contribution is -0.420. The highest BCUT2D eigenvalue weighted by Gasteiger charge is 2.16. The average molecular weight is 157 g/mol. The molecule has 0 fully saturated rings. The summed E-state index contributed by atoms with van der Waals surface area (Å²) in [7, 11) is 0. The normalized spacial score (nSPS) is 11.3. The quantitative estimate of drug-likeness (QED) is 0.268. The largest absolute Gasteiger partial charge is 0.474 e. The van der Waals surface area contributed by atoms with Gasteiger partial charge in [0.05, 0.1) is 11.5 Å². The third-order valence-electron chi connectivity index (χ3n) is 0.822. The molecule has 0 spiro atoms. The number of allylic oxidation sites excluding steroid dienone is 1. The van der Waals surface area contributed by atoms with Gasteiger partial charge in [-0.25, -0.2) is 0 Å². The maximum atomic E-state index is 10.0. The molecule has 0 amide bonds. The lowest BCUT2D eigenvalue weighted by atomic mass is 10.5. The van der Waals surface area contributed by atoms with E-state index >= 15 is 0 Å². The van der Waals surface area contributed by atoms with Gasteiger partial charge in [0.2, 0.25) is 0 Å². The van der Waals surface area contributed by atoms with Crippen molar-refractivity contribution in [1.29, 1.82) is 5.26 Å². The molecule has 0 rings (SSSR count). The first-order valence-corrected chi connectivity index (χ1v) is 2.80. The first kappa shape index (κ1) is 9.23. The summed E-state index contributed by atoms with van der Waals surface area (Å²) in [6.07, 6.45) is 0. The minimum atomic E-state index is -0.884. The molecule has 0 saturated heterocycles. The highest BCUT2D eigenvalue weighted by atomic mass is 16.6. The Morgan fingerprint density at radius 2 is 2.45 bits per heavy atom. The molecule has 0 aliphatic heterocycles. The van der Waals surface area contributed by atoms with Crippen LogP contribution in [0.3, 0.4) is 0 Å². The van der Waals surface area contributed by atoms with Crippen LogP contribution in [0.15, 0.2) is 11.6 Å². The van der Waals surface area contributed by atoms with E-state index in [0.29, 0.717) is 0 Å². The summed E-state index contributed by atoms with van der Waals surface area (Å²) >= 11 is 0. The molecule has 0 aromatic carbocycles. The third kappa shape index (κ3) is 2.53. The highest BCUT2D eigenvalue weighted by molar-refractivity contribution is 5.14. The first-order valence-electron chi connectivity index (χ1n) is 2.80. The van der Waals surface area contributed by atoms with Crippen molar-refractivity contribution in [1.82, 2.24) is 0 Å². The topological polar surface area (TPSA) is 102 Å². The van der Waals surface area contributed by atoms with Gasteiger partial charge in [-0.05, 0) is 6.92 Å². The smallest absolute Gasteiger partial charge is 0.404 e. The van der Waals surface area contributed by atoms with E-state index in [2.05, 4.69) is 4.74 Å². The second-order valence-corrected chi connectivity index (χ2v) is 1.51. The molecule has 0 aromatic rings. The molecule has 0 aliphatic carbocycles. The van der Waals surface area contributed by atoms with Crippen LogP contribution in [0.4, 0.5) is 0 Å². The van der Waals surface area contributed by atoms with Gasteiger partial charge in [0, 0.05) is 0 Å². The zero-order valence-corrected chi connectivity index (χ0v) is 5.90. The maximum absolute atomic E-state index is 10.0. The van der Waals surface area contributed by atoms with Gasteiger partial charge >= 0.3 is 5.70 Å². The SMILES string of the molecule is CCO/C(N)=C(/C#N)[N+](=O)[O-]. The molecule has 0 aliphatic rings. The van der Waals surface area contributed by atoms with E-state index in [9.17, 15) is 10.1 Å². The molecule has 6 nitrogen and oxygen atoms in total. The molecule has 0 bridgehead atoms. The zero-order chi connectivity index (χ0) is 8.85. The highest BCUT2D eigenvalue weighted by Crippen LogP contribution is 1.99. The van der Waals surface area contributed by atoms with Crippen LogP contribution in [0.5, 0.6) is 0 Å². The fourth-order valence-electron chi connectivity index (χ4n) is 0.410. The van der Waals surface area contributed by atoms with Crippen molar-refractivity contribution < 1.29 is 9.66 Å². The number of hydrogen-bond donors (Lipinski definition) is 1. The Morgan fingerprint density at radius 3 is 2.73 bits per heavy atom. The summed E-state index contributed by atoms with van der Waals surface area (Å²) in [5, 5.41) is 18.2. The van der Waals surface area contributed by atoms with E-state index in [1.165, 1.54) is 6.07 Å². The Balaban J connectivity index is 4.58. The predicted molar refractivity (Wildman–Crippen MR) is 35.4 cm³/mol. The molecule has 0 saturated carbocycles. The number of nitriles is 1. The minimum absolute atomic E-state index is 0.199. The van der Waals surface area contributed by atoms with Gasteiger partial charge in [0.15, 0.2) is 6.07 Å². The molecular formula is C5H7N3O3. The molecular weight excluding hydrogens is 150 g/mol. The number of nitrogens with zero attached hydrogens (tertiary/aromatic N) is 2. The van der Waals surface area contributed by atoms with Crippen LogP contribution in [0.1, 0.15) is 6.92 Å². The predicted octanol–water partition coefficient (Wildman–Crippen LogP) is -0.0490. The Hall–Kier alpha value is -1.77. The Morgan fingerprint density at radius 1 is 1.91 bits per heavy atom. The monoisotopic (exact) mass is 157 g/mol. The Kier molecular flexibility index (Phi) is 3.45. The van der Waals surface area contributed by atoms with E-state index in [-0.39, 0.29) is 6.61 Å². The molecule has 0 radical (unpaired) electrons. The van der Waals surface area contributed by atoms with Crippen molar-refractivity contribution >= 4 is 0 Å². The van der Waals surface area contributed by atoms with Gasteiger partial charge < -0.3 is 10.5 Å². The number of nitro groups is 1. The summed E-state index contributed by atoms with van der Waals surface area (Å²) < 4.78 is 4.55. The van der Waals surface area contributed by atoms with Gasteiger partial charge in [-0.2, -0.15) is 5.26 Å². The van der Waals surface area contributed by atoms with Crippen molar-refractivity contribution in [2.75, 3.05) is 6.61 Å². The van der Waals surface area contributed by atoms with E-state index in [4.69, 9.17) is 11.0 Å². The van der Waals surface area contributed by atoms with Crippen molar-refractivity contribution in [2.24, 2.45) is 5.73 Å². The zero-order valence-electron chi connectivity index (χ0n) is 5.90. The molecule has 0 aromatic heterocycles. The molecule has 0 unspecified atom stereocenters. The van der Waals surface area contributed by atoms with E-state index in [1.54, 1.807) is 6.92 Å². The van der Waals surface area contributed by atoms with Gasteiger partial charge in [0.25, 0.3) is 5.88 Å². The fourth-order valence-corrected chi connectivity index (χ4v) is 0.410. The molecule has 11 heavy (non-hydrogen) atoms. The summed E-state index contributed by atoms with van der Waals surface area (Å²) in [6.45, 7) is 1.81. The van der Waals surface area contributed by atoms with Crippen molar-refractivity contribution in [3.05, 3.63) is 21.7 Å². The standard InChI is InChI=1S/C5H7N3O3/c1-2-11-5(7)4(3-6)8(9)10/h2,7H2,1H3/b5-4-. The summed E-state index contributed by atoms with van der Waals surface area (Å²) in [5.41, 5.74) is 4.28. The van der Waals surface area contributed by atoms with Crippen molar-refractivity contribution in [2.45, 2.75) is 6.92 Å². The molecule has 60 valence electrons. The number of nitrogens with two attached hydrogens (primary N) is 1. The van der Waals surface area contributed by atoms with Gasteiger partial charge in [-0.15, -0.1) is 0 Å². The maximum Gasteiger partial charge on any atom is 0.404 e. The average Bonchev–Trinajstić information content (AvgIpc) is 1.88. The van der Waals surface area contributed by atoms with Crippen LogP contribution >= 0.6 is 0 Å². The van der Waals surface area contributed by atoms with Crippen LogP contribution in [-0.2, 0) is 4.74 Å². The summed E-state index contributed by atoms with van der Waals surface area (Å²) in [4.78, 5) is 9.13.